The molecule has 1 unspecified atom stereocenters. The van der Waals surface area contributed by atoms with Crippen molar-refractivity contribution in [2.24, 2.45) is 0 Å². The maximum Gasteiger partial charge on any atom is 0.407 e. The maximum atomic E-state index is 11.6. The molecular formula is C16H25N3O4. The number of nitro benzene ring substituents is 1. The topological polar surface area (TPSA) is 93.5 Å². The molecule has 0 aliphatic rings. The summed E-state index contributed by atoms with van der Waals surface area (Å²) in [5.74, 6) is 0. The summed E-state index contributed by atoms with van der Waals surface area (Å²) in [6.45, 7) is 11.2. The van der Waals surface area contributed by atoms with Crippen LogP contribution in [-0.2, 0) is 4.74 Å². The Bertz CT molecular complexity index is 594. The van der Waals surface area contributed by atoms with Crippen LogP contribution in [0.25, 0.3) is 0 Å². The molecule has 2 N–H and O–H groups in total. The third-order valence-electron chi connectivity index (χ3n) is 3.16. The van der Waals surface area contributed by atoms with E-state index in [4.69, 9.17) is 4.74 Å². The van der Waals surface area contributed by atoms with E-state index in [0.29, 0.717) is 12.2 Å². The molecular weight excluding hydrogens is 298 g/mol. The van der Waals surface area contributed by atoms with E-state index < -0.39 is 16.6 Å². The van der Waals surface area contributed by atoms with E-state index in [9.17, 15) is 14.9 Å². The molecule has 1 rings (SSSR count). The second-order valence-electron chi connectivity index (χ2n) is 6.64. The number of nitrogens with one attached hydrogen (secondary N) is 2. The van der Waals surface area contributed by atoms with E-state index in [1.165, 1.54) is 0 Å². The summed E-state index contributed by atoms with van der Waals surface area (Å²) in [6, 6.07) is 3.10. The Kier molecular flexibility index (Phi) is 5.95. The molecule has 1 amide bonds. The Morgan fingerprint density at radius 2 is 1.87 bits per heavy atom. The van der Waals surface area contributed by atoms with Gasteiger partial charge in [0.15, 0.2) is 0 Å². The lowest BCUT2D eigenvalue weighted by Gasteiger charge is -2.21. The molecule has 0 aliphatic heterocycles. The third-order valence-corrected chi connectivity index (χ3v) is 3.16. The fourth-order valence-corrected chi connectivity index (χ4v) is 1.93. The van der Waals surface area contributed by atoms with Crippen molar-refractivity contribution in [3.8, 4) is 0 Å². The summed E-state index contributed by atoms with van der Waals surface area (Å²) in [5, 5.41) is 16.9. The lowest BCUT2D eigenvalue weighted by Crippen LogP contribution is -2.38. The van der Waals surface area contributed by atoms with Gasteiger partial charge in [-0.2, -0.15) is 0 Å². The van der Waals surface area contributed by atoms with Crippen molar-refractivity contribution in [2.75, 3.05) is 11.9 Å². The SMILES string of the molecule is Cc1cc(NC(C)CNC(=O)OC(C)(C)C)c([N+](=O)[O-])cc1C. The Morgan fingerprint density at radius 1 is 1.30 bits per heavy atom. The molecule has 7 heteroatoms. The first-order chi connectivity index (χ1) is 10.5. The van der Waals surface area contributed by atoms with Crippen molar-refractivity contribution in [3.05, 3.63) is 33.4 Å². The summed E-state index contributed by atoms with van der Waals surface area (Å²) in [5.41, 5.74) is 1.73. The van der Waals surface area contributed by atoms with E-state index >= 15 is 0 Å². The van der Waals surface area contributed by atoms with Crippen molar-refractivity contribution in [3.63, 3.8) is 0 Å². The predicted molar refractivity (Wildman–Crippen MR) is 89.9 cm³/mol. The van der Waals surface area contributed by atoms with Gasteiger partial charge in [-0.15, -0.1) is 0 Å². The van der Waals surface area contributed by atoms with E-state index in [0.717, 1.165) is 11.1 Å². The molecule has 1 aromatic rings. The minimum absolute atomic E-state index is 0.0252. The number of hydrogen-bond acceptors (Lipinski definition) is 5. The van der Waals surface area contributed by atoms with Gasteiger partial charge in [-0.25, -0.2) is 4.79 Å². The normalized spacial score (nSPS) is 12.4. The summed E-state index contributed by atoms with van der Waals surface area (Å²) in [6.07, 6.45) is -0.513. The minimum atomic E-state index is -0.562. The first-order valence-electron chi connectivity index (χ1n) is 7.48. The van der Waals surface area contributed by atoms with Gasteiger partial charge in [0, 0.05) is 18.7 Å². The van der Waals surface area contributed by atoms with Crippen molar-refractivity contribution in [2.45, 2.75) is 53.2 Å². The predicted octanol–water partition coefficient (Wildman–Crippen LogP) is 3.54. The largest absolute Gasteiger partial charge is 0.444 e. The van der Waals surface area contributed by atoms with E-state index in [1.807, 2.05) is 20.8 Å². The Morgan fingerprint density at radius 3 is 2.39 bits per heavy atom. The molecule has 1 atom stereocenters. The van der Waals surface area contributed by atoms with Crippen molar-refractivity contribution in [1.82, 2.24) is 5.32 Å². The van der Waals surface area contributed by atoms with Gasteiger partial charge >= 0.3 is 6.09 Å². The van der Waals surface area contributed by atoms with Crippen LogP contribution in [0.1, 0.15) is 38.8 Å². The highest BCUT2D eigenvalue weighted by Crippen LogP contribution is 2.28. The molecule has 0 saturated heterocycles. The van der Waals surface area contributed by atoms with E-state index in [2.05, 4.69) is 10.6 Å². The molecule has 0 saturated carbocycles. The lowest BCUT2D eigenvalue weighted by atomic mass is 10.1. The van der Waals surface area contributed by atoms with Crippen LogP contribution in [-0.4, -0.2) is 29.2 Å². The number of benzene rings is 1. The summed E-state index contributed by atoms with van der Waals surface area (Å²) < 4.78 is 5.15. The third kappa shape index (κ3) is 6.14. The van der Waals surface area contributed by atoms with Crippen LogP contribution < -0.4 is 10.6 Å². The molecule has 128 valence electrons. The number of amides is 1. The number of rotatable bonds is 5. The molecule has 0 radical (unpaired) electrons. The Hall–Kier alpha value is -2.31. The van der Waals surface area contributed by atoms with Crippen LogP contribution >= 0.6 is 0 Å². The number of nitrogens with zero attached hydrogens (tertiary/aromatic N) is 1. The molecule has 0 spiro atoms. The van der Waals surface area contributed by atoms with Gasteiger partial charge in [-0.05, 0) is 58.7 Å². The number of anilines is 1. The van der Waals surface area contributed by atoms with Crippen LogP contribution in [0.2, 0.25) is 0 Å². The zero-order chi connectivity index (χ0) is 17.8. The first kappa shape index (κ1) is 18.7. The summed E-state index contributed by atoms with van der Waals surface area (Å²) >= 11 is 0. The van der Waals surface area contributed by atoms with Crippen LogP contribution in [0.4, 0.5) is 16.2 Å². The molecule has 1 aromatic carbocycles. The minimum Gasteiger partial charge on any atom is -0.444 e. The number of hydrogen-bond donors (Lipinski definition) is 2. The van der Waals surface area contributed by atoms with Crippen LogP contribution in [0.15, 0.2) is 12.1 Å². The smallest absolute Gasteiger partial charge is 0.407 e. The second-order valence-corrected chi connectivity index (χ2v) is 6.64. The van der Waals surface area contributed by atoms with Gasteiger partial charge in [-0.3, -0.25) is 10.1 Å². The molecule has 0 bridgehead atoms. The van der Waals surface area contributed by atoms with Gasteiger partial charge in [0.05, 0.1) is 4.92 Å². The fraction of sp³-hybridized carbons (Fsp3) is 0.562. The van der Waals surface area contributed by atoms with Crippen LogP contribution in [0, 0.1) is 24.0 Å². The van der Waals surface area contributed by atoms with Crippen LogP contribution in [0.3, 0.4) is 0 Å². The van der Waals surface area contributed by atoms with E-state index in [1.54, 1.807) is 32.9 Å². The number of carbonyl (C=O) groups excluding carboxylic acids is 1. The monoisotopic (exact) mass is 323 g/mol. The average molecular weight is 323 g/mol. The Labute approximate surface area is 136 Å². The molecule has 7 nitrogen and oxygen atoms in total. The number of ether oxygens (including phenoxy) is 1. The van der Waals surface area contributed by atoms with Gasteiger partial charge in [0.2, 0.25) is 0 Å². The zero-order valence-electron chi connectivity index (χ0n) is 14.5. The molecule has 0 aromatic heterocycles. The number of alkyl carbamates (subject to hydrolysis) is 1. The number of aryl methyl sites for hydroxylation is 2. The maximum absolute atomic E-state index is 11.6. The Balaban J connectivity index is 2.71. The summed E-state index contributed by atoms with van der Waals surface area (Å²) in [7, 11) is 0. The summed E-state index contributed by atoms with van der Waals surface area (Å²) in [4.78, 5) is 22.4. The van der Waals surface area contributed by atoms with Gasteiger partial charge in [-0.1, -0.05) is 0 Å². The van der Waals surface area contributed by atoms with Gasteiger partial charge < -0.3 is 15.4 Å². The van der Waals surface area contributed by atoms with Gasteiger partial charge in [0.25, 0.3) is 5.69 Å². The highest BCUT2D eigenvalue weighted by molar-refractivity contribution is 5.68. The molecule has 23 heavy (non-hydrogen) atoms. The quantitative estimate of drug-likeness (QED) is 0.638. The first-order valence-corrected chi connectivity index (χ1v) is 7.48. The number of carbonyl (C=O) groups is 1. The average Bonchev–Trinajstić information content (AvgIpc) is 2.38. The fourth-order valence-electron chi connectivity index (χ4n) is 1.93. The number of nitro groups is 1. The molecule has 0 heterocycles. The van der Waals surface area contributed by atoms with E-state index in [-0.39, 0.29) is 11.7 Å². The lowest BCUT2D eigenvalue weighted by molar-refractivity contribution is -0.384. The van der Waals surface area contributed by atoms with Crippen molar-refractivity contribution in [1.29, 1.82) is 0 Å². The highest BCUT2D eigenvalue weighted by Gasteiger charge is 2.19. The van der Waals surface area contributed by atoms with Gasteiger partial charge in [0.1, 0.15) is 11.3 Å². The zero-order valence-corrected chi connectivity index (χ0v) is 14.5. The second kappa shape index (κ2) is 7.30. The standard InChI is InChI=1S/C16H25N3O4/c1-10-7-13(14(19(21)22)8-11(10)2)18-12(3)9-17-15(20)23-16(4,5)6/h7-8,12,18H,9H2,1-6H3,(H,17,20). The van der Waals surface area contributed by atoms with Crippen molar-refractivity contribution < 1.29 is 14.5 Å². The molecule has 0 aliphatic carbocycles. The van der Waals surface area contributed by atoms with Crippen LogP contribution in [0.5, 0.6) is 0 Å². The van der Waals surface area contributed by atoms with Crippen molar-refractivity contribution >= 4 is 17.5 Å². The highest BCUT2D eigenvalue weighted by atomic mass is 16.6. The molecule has 0 fully saturated rings.